The Labute approximate surface area is 132 Å². The average Bonchev–Trinajstić information content (AvgIpc) is 2.94. The van der Waals surface area contributed by atoms with Crippen LogP contribution in [0.2, 0.25) is 0 Å². The molecule has 0 spiro atoms. The van der Waals surface area contributed by atoms with Crippen LogP contribution in [0.1, 0.15) is 45.2 Å². The maximum Gasteiger partial charge on any atom is 0.410 e. The summed E-state index contributed by atoms with van der Waals surface area (Å²) in [6.45, 7) is 6.33. The van der Waals surface area contributed by atoms with Crippen molar-refractivity contribution in [2.45, 2.75) is 45.3 Å². The third kappa shape index (κ3) is 3.64. The summed E-state index contributed by atoms with van der Waals surface area (Å²) in [7, 11) is 3.27. The molecule has 0 bridgehead atoms. The van der Waals surface area contributed by atoms with E-state index in [0.29, 0.717) is 6.54 Å². The van der Waals surface area contributed by atoms with Crippen LogP contribution in [0.25, 0.3) is 0 Å². The van der Waals surface area contributed by atoms with Gasteiger partial charge in [-0.15, -0.1) is 0 Å². The number of ether oxygens (including phenoxy) is 3. The fraction of sp³-hybridized carbons (Fsp3) is 0.588. The van der Waals surface area contributed by atoms with E-state index in [4.69, 9.17) is 14.2 Å². The molecule has 1 amide bonds. The van der Waals surface area contributed by atoms with E-state index in [1.807, 2.05) is 39.0 Å². The van der Waals surface area contributed by atoms with Crippen molar-refractivity contribution in [3.8, 4) is 11.5 Å². The van der Waals surface area contributed by atoms with Gasteiger partial charge in [0.25, 0.3) is 0 Å². The highest BCUT2D eigenvalue weighted by Gasteiger charge is 2.34. The van der Waals surface area contributed by atoms with Crippen LogP contribution in [0.15, 0.2) is 18.2 Å². The van der Waals surface area contributed by atoms with Gasteiger partial charge in [-0.2, -0.15) is 0 Å². The highest BCUT2D eigenvalue weighted by molar-refractivity contribution is 5.69. The van der Waals surface area contributed by atoms with Crippen LogP contribution in [0.5, 0.6) is 11.5 Å². The van der Waals surface area contributed by atoms with Gasteiger partial charge >= 0.3 is 6.09 Å². The van der Waals surface area contributed by atoms with Crippen LogP contribution in [-0.4, -0.2) is 37.4 Å². The number of amides is 1. The van der Waals surface area contributed by atoms with Crippen molar-refractivity contribution < 1.29 is 19.0 Å². The van der Waals surface area contributed by atoms with Gasteiger partial charge in [0.05, 0.1) is 20.3 Å². The van der Waals surface area contributed by atoms with Gasteiger partial charge in [0.1, 0.15) is 17.1 Å². The van der Waals surface area contributed by atoms with Gasteiger partial charge in [0, 0.05) is 12.1 Å². The summed E-state index contributed by atoms with van der Waals surface area (Å²) < 4.78 is 16.3. The molecule has 0 N–H and O–H groups in total. The molecular formula is C17H25NO4. The molecule has 0 saturated carbocycles. The first-order valence-corrected chi connectivity index (χ1v) is 7.57. The van der Waals surface area contributed by atoms with Crippen molar-refractivity contribution in [3.63, 3.8) is 0 Å². The zero-order valence-electron chi connectivity index (χ0n) is 14.0. The molecule has 5 nitrogen and oxygen atoms in total. The van der Waals surface area contributed by atoms with Crippen LogP contribution in [0.4, 0.5) is 4.79 Å². The summed E-state index contributed by atoms with van der Waals surface area (Å²) in [5, 5.41) is 0. The van der Waals surface area contributed by atoms with Crippen molar-refractivity contribution >= 4 is 6.09 Å². The first-order valence-electron chi connectivity index (χ1n) is 7.57. The molecule has 2 rings (SSSR count). The second-order valence-electron chi connectivity index (χ2n) is 6.44. The minimum Gasteiger partial charge on any atom is -0.497 e. The number of rotatable bonds is 3. The summed E-state index contributed by atoms with van der Waals surface area (Å²) >= 11 is 0. The Kier molecular flexibility index (Phi) is 4.84. The molecule has 1 atom stereocenters. The van der Waals surface area contributed by atoms with Crippen LogP contribution in [0.3, 0.4) is 0 Å². The zero-order valence-corrected chi connectivity index (χ0v) is 14.0. The molecule has 0 aromatic heterocycles. The molecule has 0 unspecified atom stereocenters. The van der Waals surface area contributed by atoms with Gasteiger partial charge in [-0.05, 0) is 51.8 Å². The molecule has 1 fully saturated rings. The minimum atomic E-state index is -0.497. The molecule has 0 aliphatic carbocycles. The van der Waals surface area contributed by atoms with Crippen LogP contribution in [-0.2, 0) is 4.74 Å². The Morgan fingerprint density at radius 1 is 1.23 bits per heavy atom. The van der Waals surface area contributed by atoms with Gasteiger partial charge in [0.15, 0.2) is 0 Å². The molecule has 1 aromatic carbocycles. The van der Waals surface area contributed by atoms with Crippen molar-refractivity contribution in [1.29, 1.82) is 0 Å². The average molecular weight is 307 g/mol. The lowest BCUT2D eigenvalue weighted by atomic mass is 10.0. The molecule has 0 radical (unpaired) electrons. The summed E-state index contributed by atoms with van der Waals surface area (Å²) in [4.78, 5) is 14.2. The third-order valence-electron chi connectivity index (χ3n) is 3.68. The van der Waals surface area contributed by atoms with E-state index in [0.717, 1.165) is 29.9 Å². The second-order valence-corrected chi connectivity index (χ2v) is 6.44. The lowest BCUT2D eigenvalue weighted by Crippen LogP contribution is -2.36. The zero-order chi connectivity index (χ0) is 16.3. The number of methoxy groups -OCH3 is 2. The Morgan fingerprint density at radius 3 is 2.55 bits per heavy atom. The van der Waals surface area contributed by atoms with Crippen molar-refractivity contribution in [2.24, 2.45) is 0 Å². The van der Waals surface area contributed by atoms with Crippen molar-refractivity contribution in [2.75, 3.05) is 20.8 Å². The van der Waals surface area contributed by atoms with Gasteiger partial charge in [-0.3, -0.25) is 0 Å². The predicted molar refractivity (Wildman–Crippen MR) is 84.5 cm³/mol. The Balaban J connectivity index is 2.28. The molecular weight excluding hydrogens is 282 g/mol. The quantitative estimate of drug-likeness (QED) is 0.852. The normalized spacial score (nSPS) is 18.2. The number of nitrogens with zero attached hydrogens (tertiary/aromatic N) is 1. The standard InChI is InChI=1S/C17H25NO4/c1-17(2,3)22-16(19)18-10-6-7-14(18)13-11-12(20-4)8-9-15(13)21-5/h8-9,11,14H,6-7,10H2,1-5H3/t14-/m0/s1. The van der Waals surface area contributed by atoms with Gasteiger partial charge in [-0.1, -0.05) is 0 Å². The lowest BCUT2D eigenvalue weighted by molar-refractivity contribution is 0.0223. The number of likely N-dealkylation sites (tertiary alicyclic amines) is 1. The Morgan fingerprint density at radius 2 is 1.95 bits per heavy atom. The first-order chi connectivity index (χ1) is 10.4. The summed E-state index contributed by atoms with van der Waals surface area (Å²) in [6.07, 6.45) is 1.56. The second kappa shape index (κ2) is 6.46. The third-order valence-corrected chi connectivity index (χ3v) is 3.68. The Bertz CT molecular complexity index is 536. The topological polar surface area (TPSA) is 48.0 Å². The predicted octanol–water partition coefficient (Wildman–Crippen LogP) is 3.78. The molecule has 1 heterocycles. The Hall–Kier alpha value is -1.91. The van der Waals surface area contributed by atoms with E-state index in [1.165, 1.54) is 0 Å². The number of carbonyl (C=O) groups excluding carboxylic acids is 1. The molecule has 122 valence electrons. The summed E-state index contributed by atoms with van der Waals surface area (Å²) in [5.41, 5.74) is 0.466. The highest BCUT2D eigenvalue weighted by Crippen LogP contribution is 2.39. The smallest absolute Gasteiger partial charge is 0.410 e. The van der Waals surface area contributed by atoms with Crippen molar-refractivity contribution in [3.05, 3.63) is 23.8 Å². The largest absolute Gasteiger partial charge is 0.497 e. The SMILES string of the molecule is COc1ccc(OC)c([C@@H]2CCCN2C(=O)OC(C)(C)C)c1. The number of hydrogen-bond acceptors (Lipinski definition) is 4. The number of carbonyl (C=O) groups is 1. The molecule has 1 aliphatic heterocycles. The van der Waals surface area contributed by atoms with Crippen LogP contribution >= 0.6 is 0 Å². The number of hydrogen-bond donors (Lipinski definition) is 0. The van der Waals surface area contributed by atoms with E-state index in [-0.39, 0.29) is 12.1 Å². The fourth-order valence-corrected chi connectivity index (χ4v) is 2.73. The van der Waals surface area contributed by atoms with E-state index >= 15 is 0 Å². The van der Waals surface area contributed by atoms with Crippen LogP contribution < -0.4 is 9.47 Å². The van der Waals surface area contributed by atoms with Gasteiger partial charge in [0.2, 0.25) is 0 Å². The monoisotopic (exact) mass is 307 g/mol. The fourth-order valence-electron chi connectivity index (χ4n) is 2.73. The maximum absolute atomic E-state index is 12.4. The first kappa shape index (κ1) is 16.5. The van der Waals surface area contributed by atoms with E-state index in [9.17, 15) is 4.79 Å². The van der Waals surface area contributed by atoms with Crippen LogP contribution in [0, 0.1) is 0 Å². The molecule has 22 heavy (non-hydrogen) atoms. The summed E-state index contributed by atoms with van der Waals surface area (Å²) in [5.74, 6) is 1.52. The lowest BCUT2D eigenvalue weighted by Gasteiger charge is -2.29. The van der Waals surface area contributed by atoms with Gasteiger partial charge < -0.3 is 19.1 Å². The molecule has 1 aliphatic rings. The van der Waals surface area contributed by atoms with E-state index in [2.05, 4.69) is 0 Å². The van der Waals surface area contributed by atoms with Crippen molar-refractivity contribution in [1.82, 2.24) is 4.90 Å². The summed E-state index contributed by atoms with van der Waals surface area (Å²) in [6, 6.07) is 5.63. The minimum absolute atomic E-state index is 0.0418. The maximum atomic E-state index is 12.4. The highest BCUT2D eigenvalue weighted by atomic mass is 16.6. The van der Waals surface area contributed by atoms with Gasteiger partial charge in [-0.25, -0.2) is 4.79 Å². The number of benzene rings is 1. The molecule has 1 aromatic rings. The molecule has 1 saturated heterocycles. The van der Waals surface area contributed by atoms with E-state index < -0.39 is 5.60 Å². The molecule has 5 heteroatoms. The van der Waals surface area contributed by atoms with E-state index in [1.54, 1.807) is 19.1 Å².